The molecule has 0 aliphatic rings. The van der Waals surface area contributed by atoms with E-state index < -0.39 is 0 Å². The van der Waals surface area contributed by atoms with E-state index in [1.165, 1.54) is 12.1 Å². The van der Waals surface area contributed by atoms with Gasteiger partial charge in [0.25, 0.3) is 0 Å². The second kappa shape index (κ2) is 7.99. The van der Waals surface area contributed by atoms with Crippen LogP contribution in [0, 0.1) is 5.82 Å². The summed E-state index contributed by atoms with van der Waals surface area (Å²) in [4.78, 5) is 1.15. The highest BCUT2D eigenvalue weighted by atomic mass is 32.1. The third kappa shape index (κ3) is 4.59. The fraction of sp³-hybridized carbons (Fsp3) is 0.333. The lowest BCUT2D eigenvalue weighted by atomic mass is 10.2. The molecule has 0 unspecified atom stereocenters. The summed E-state index contributed by atoms with van der Waals surface area (Å²) in [6, 6.07) is 8.61. The number of nitrogens with one attached hydrogen (secondary N) is 1. The highest BCUT2D eigenvalue weighted by Gasteiger charge is 2.06. The molecule has 0 saturated heterocycles. The van der Waals surface area contributed by atoms with E-state index in [2.05, 4.69) is 5.32 Å². The maximum Gasteiger partial charge on any atom is 0.124 e. The van der Waals surface area contributed by atoms with Crippen LogP contribution < -0.4 is 10.1 Å². The second-order valence-corrected chi connectivity index (χ2v) is 5.32. The maximum absolute atomic E-state index is 13.3. The van der Waals surface area contributed by atoms with Crippen molar-refractivity contribution in [2.24, 2.45) is 0 Å². The molecule has 108 valence electrons. The van der Waals surface area contributed by atoms with E-state index >= 15 is 0 Å². The lowest BCUT2D eigenvalue weighted by molar-refractivity contribution is 0.199. The molecule has 2 rings (SSSR count). The number of hydrogen-bond acceptors (Lipinski definition) is 4. The zero-order valence-corrected chi connectivity index (χ0v) is 12.2. The fourth-order valence-electron chi connectivity index (χ4n) is 1.77. The van der Waals surface area contributed by atoms with Crippen molar-refractivity contribution >= 4 is 11.3 Å². The Labute approximate surface area is 122 Å². The van der Waals surface area contributed by atoms with E-state index in [0.29, 0.717) is 25.5 Å². The van der Waals surface area contributed by atoms with Gasteiger partial charge >= 0.3 is 0 Å². The summed E-state index contributed by atoms with van der Waals surface area (Å²) in [5.41, 5.74) is 0.817. The lowest BCUT2D eigenvalue weighted by Crippen LogP contribution is -2.19. The molecule has 0 aliphatic heterocycles. The molecule has 0 amide bonds. The molecule has 2 aromatic rings. The predicted molar refractivity (Wildman–Crippen MR) is 78.6 cm³/mol. The van der Waals surface area contributed by atoms with Crippen LogP contribution in [-0.2, 0) is 17.9 Å². The van der Waals surface area contributed by atoms with Gasteiger partial charge < -0.3 is 14.8 Å². The number of hydrogen-bond donors (Lipinski definition) is 1. The fourth-order valence-corrected chi connectivity index (χ4v) is 2.38. The van der Waals surface area contributed by atoms with Gasteiger partial charge in [-0.3, -0.25) is 0 Å². The van der Waals surface area contributed by atoms with Gasteiger partial charge in [-0.1, -0.05) is 6.07 Å². The molecule has 20 heavy (non-hydrogen) atoms. The van der Waals surface area contributed by atoms with Gasteiger partial charge in [0.05, 0.1) is 6.61 Å². The maximum atomic E-state index is 13.3. The number of rotatable bonds is 8. The summed E-state index contributed by atoms with van der Waals surface area (Å²) in [6.45, 7) is 2.41. The lowest BCUT2D eigenvalue weighted by Gasteiger charge is -2.12. The molecule has 3 nitrogen and oxygen atoms in total. The van der Waals surface area contributed by atoms with E-state index in [4.69, 9.17) is 9.47 Å². The van der Waals surface area contributed by atoms with Gasteiger partial charge in [-0.05, 0) is 29.6 Å². The van der Waals surface area contributed by atoms with Crippen LogP contribution in [0.4, 0.5) is 4.39 Å². The quantitative estimate of drug-likeness (QED) is 0.759. The van der Waals surface area contributed by atoms with Crippen LogP contribution in [0.25, 0.3) is 0 Å². The van der Waals surface area contributed by atoms with E-state index in [9.17, 15) is 4.39 Å². The van der Waals surface area contributed by atoms with Crippen molar-refractivity contribution in [1.29, 1.82) is 0 Å². The van der Waals surface area contributed by atoms with Crippen molar-refractivity contribution in [2.45, 2.75) is 13.2 Å². The Morgan fingerprint density at radius 1 is 1.30 bits per heavy atom. The van der Waals surface area contributed by atoms with Crippen LogP contribution in [0.2, 0.25) is 0 Å². The third-order valence-electron chi connectivity index (χ3n) is 2.77. The number of thiophene rings is 1. The summed E-state index contributed by atoms with van der Waals surface area (Å²) in [6.07, 6.45) is 0. The van der Waals surface area contributed by atoms with Crippen LogP contribution in [0.1, 0.15) is 10.4 Å². The average molecular weight is 295 g/mol. The first-order valence-electron chi connectivity index (χ1n) is 6.43. The van der Waals surface area contributed by atoms with Crippen LogP contribution in [-0.4, -0.2) is 20.3 Å². The minimum atomic E-state index is -0.253. The third-order valence-corrected chi connectivity index (χ3v) is 3.62. The van der Waals surface area contributed by atoms with Crippen molar-refractivity contribution < 1.29 is 13.9 Å². The highest BCUT2D eigenvalue weighted by molar-refractivity contribution is 7.09. The van der Waals surface area contributed by atoms with Crippen molar-refractivity contribution in [3.8, 4) is 5.75 Å². The van der Waals surface area contributed by atoms with Gasteiger partial charge in [0.15, 0.2) is 0 Å². The van der Waals surface area contributed by atoms with Crippen molar-refractivity contribution in [3.63, 3.8) is 0 Å². The number of halogens is 1. The van der Waals surface area contributed by atoms with Gasteiger partial charge in [-0.2, -0.15) is 0 Å². The summed E-state index contributed by atoms with van der Waals surface area (Å²) in [5, 5.41) is 5.20. The Morgan fingerprint density at radius 3 is 2.95 bits per heavy atom. The number of methoxy groups -OCH3 is 1. The van der Waals surface area contributed by atoms with Gasteiger partial charge in [-0.15, -0.1) is 11.3 Å². The van der Waals surface area contributed by atoms with Gasteiger partial charge in [0, 0.05) is 30.6 Å². The molecule has 0 spiro atoms. The zero-order chi connectivity index (χ0) is 14.2. The number of ether oxygens (including phenoxy) is 2. The monoisotopic (exact) mass is 295 g/mol. The average Bonchev–Trinajstić information content (AvgIpc) is 2.96. The molecule has 0 aliphatic carbocycles. The van der Waals surface area contributed by atoms with Crippen LogP contribution >= 0.6 is 11.3 Å². The van der Waals surface area contributed by atoms with Gasteiger partial charge in [0.2, 0.25) is 0 Å². The molecule has 0 bridgehead atoms. The minimum Gasteiger partial charge on any atom is -0.488 e. The van der Waals surface area contributed by atoms with Crippen LogP contribution in [0.3, 0.4) is 0 Å². The Hall–Kier alpha value is -1.43. The van der Waals surface area contributed by atoms with Crippen LogP contribution in [0.5, 0.6) is 5.75 Å². The standard InChI is InChI=1S/C15H18FNO2S/c1-18-7-6-17-10-12-9-13(16)4-5-15(12)19-11-14-3-2-8-20-14/h2-5,8-9,17H,6-7,10-11H2,1H3. The van der Waals surface area contributed by atoms with Crippen molar-refractivity contribution in [3.05, 3.63) is 52.0 Å². The molecular formula is C15H18FNO2S. The van der Waals surface area contributed by atoms with E-state index in [1.807, 2.05) is 17.5 Å². The normalized spacial score (nSPS) is 10.7. The Balaban J connectivity index is 1.95. The molecule has 1 heterocycles. The largest absolute Gasteiger partial charge is 0.488 e. The van der Waals surface area contributed by atoms with E-state index in [0.717, 1.165) is 17.0 Å². The summed E-state index contributed by atoms with van der Waals surface area (Å²) >= 11 is 1.64. The van der Waals surface area contributed by atoms with E-state index in [-0.39, 0.29) is 5.82 Å². The van der Waals surface area contributed by atoms with Crippen molar-refractivity contribution in [1.82, 2.24) is 5.32 Å². The second-order valence-electron chi connectivity index (χ2n) is 4.29. The first-order chi connectivity index (χ1) is 9.79. The molecule has 0 saturated carbocycles. The summed E-state index contributed by atoms with van der Waals surface area (Å²) < 4.78 is 24.1. The molecule has 5 heteroatoms. The molecule has 1 N–H and O–H groups in total. The highest BCUT2D eigenvalue weighted by Crippen LogP contribution is 2.21. The molecule has 0 radical (unpaired) electrons. The predicted octanol–water partition coefficient (Wildman–Crippen LogP) is 3.20. The van der Waals surface area contributed by atoms with Crippen LogP contribution in [0.15, 0.2) is 35.7 Å². The smallest absolute Gasteiger partial charge is 0.124 e. The summed E-state index contributed by atoms with van der Waals surface area (Å²) in [5.74, 6) is 0.460. The topological polar surface area (TPSA) is 30.5 Å². The Kier molecular flexibility index (Phi) is 5.98. The molecule has 0 atom stereocenters. The minimum absolute atomic E-state index is 0.253. The molecule has 0 fully saturated rings. The first kappa shape index (κ1) is 15.0. The summed E-state index contributed by atoms with van der Waals surface area (Å²) in [7, 11) is 1.65. The first-order valence-corrected chi connectivity index (χ1v) is 7.31. The Morgan fingerprint density at radius 2 is 2.20 bits per heavy atom. The van der Waals surface area contributed by atoms with Gasteiger partial charge in [0.1, 0.15) is 18.2 Å². The molecule has 1 aromatic heterocycles. The van der Waals surface area contributed by atoms with E-state index in [1.54, 1.807) is 24.5 Å². The molecular weight excluding hydrogens is 277 g/mol. The van der Waals surface area contributed by atoms with Crippen molar-refractivity contribution in [2.75, 3.05) is 20.3 Å². The number of benzene rings is 1. The molecule has 1 aromatic carbocycles. The van der Waals surface area contributed by atoms with Gasteiger partial charge in [-0.25, -0.2) is 4.39 Å². The Bertz CT molecular complexity index is 517. The SMILES string of the molecule is COCCNCc1cc(F)ccc1OCc1cccs1. The zero-order valence-electron chi connectivity index (χ0n) is 11.4.